The number of anilines is 1. The van der Waals surface area contributed by atoms with E-state index in [4.69, 9.17) is 4.74 Å². The third-order valence-electron chi connectivity index (χ3n) is 3.70. The quantitative estimate of drug-likeness (QED) is 0.795. The minimum atomic E-state index is 0.650. The van der Waals surface area contributed by atoms with Crippen molar-refractivity contribution in [3.05, 3.63) is 48.3 Å². The van der Waals surface area contributed by atoms with Gasteiger partial charge < -0.3 is 15.0 Å². The van der Waals surface area contributed by atoms with E-state index in [0.29, 0.717) is 6.61 Å². The van der Waals surface area contributed by atoms with Crippen LogP contribution in [0.3, 0.4) is 0 Å². The highest BCUT2D eigenvalue weighted by molar-refractivity contribution is 5.30. The summed E-state index contributed by atoms with van der Waals surface area (Å²) in [5.74, 6) is 1.76. The molecule has 1 aliphatic heterocycles. The minimum absolute atomic E-state index is 0.650. The van der Waals surface area contributed by atoms with E-state index in [-0.39, 0.29) is 0 Å². The van der Waals surface area contributed by atoms with Gasteiger partial charge in [0.25, 0.3) is 0 Å². The highest BCUT2D eigenvalue weighted by Crippen LogP contribution is 2.14. The lowest BCUT2D eigenvalue weighted by molar-refractivity contribution is 0.313. The third-order valence-corrected chi connectivity index (χ3v) is 3.70. The summed E-state index contributed by atoms with van der Waals surface area (Å²) in [6, 6.07) is 9.86. The SMILES string of the molecule is c1ccc(OCCNCc2cnc(N3CCCC3)nc2)cc1. The number of hydrogen-bond acceptors (Lipinski definition) is 5. The van der Waals surface area contributed by atoms with E-state index < -0.39 is 0 Å². The highest BCUT2D eigenvalue weighted by atomic mass is 16.5. The van der Waals surface area contributed by atoms with Crippen LogP contribution in [0.5, 0.6) is 5.75 Å². The molecule has 0 spiro atoms. The molecular weight excluding hydrogens is 276 g/mol. The van der Waals surface area contributed by atoms with E-state index in [1.807, 2.05) is 42.7 Å². The second-order valence-electron chi connectivity index (χ2n) is 5.42. The van der Waals surface area contributed by atoms with E-state index in [1.54, 1.807) is 0 Å². The molecule has 116 valence electrons. The Hall–Kier alpha value is -2.14. The van der Waals surface area contributed by atoms with Gasteiger partial charge in [-0.15, -0.1) is 0 Å². The summed E-state index contributed by atoms with van der Waals surface area (Å²) < 4.78 is 5.63. The van der Waals surface area contributed by atoms with Gasteiger partial charge in [-0.3, -0.25) is 0 Å². The Morgan fingerprint density at radius 1 is 1.05 bits per heavy atom. The molecule has 1 aromatic carbocycles. The molecule has 1 fully saturated rings. The lowest BCUT2D eigenvalue weighted by atomic mass is 10.3. The van der Waals surface area contributed by atoms with Gasteiger partial charge in [0.15, 0.2) is 0 Å². The van der Waals surface area contributed by atoms with Crippen molar-refractivity contribution in [2.24, 2.45) is 0 Å². The first kappa shape index (κ1) is 14.8. The fourth-order valence-corrected chi connectivity index (χ4v) is 2.51. The number of nitrogens with zero attached hydrogens (tertiary/aromatic N) is 3. The molecule has 1 aromatic heterocycles. The Morgan fingerprint density at radius 3 is 2.50 bits per heavy atom. The molecule has 5 heteroatoms. The van der Waals surface area contributed by atoms with Crippen molar-refractivity contribution in [1.29, 1.82) is 0 Å². The molecule has 3 rings (SSSR count). The first-order valence-corrected chi connectivity index (χ1v) is 7.86. The monoisotopic (exact) mass is 298 g/mol. The van der Waals surface area contributed by atoms with Crippen molar-refractivity contribution in [2.45, 2.75) is 19.4 Å². The van der Waals surface area contributed by atoms with Crippen molar-refractivity contribution in [3.8, 4) is 5.75 Å². The maximum Gasteiger partial charge on any atom is 0.225 e. The van der Waals surface area contributed by atoms with E-state index in [1.165, 1.54) is 12.8 Å². The van der Waals surface area contributed by atoms with E-state index in [2.05, 4.69) is 20.2 Å². The van der Waals surface area contributed by atoms with Crippen LogP contribution in [-0.2, 0) is 6.54 Å². The third kappa shape index (κ3) is 4.18. The van der Waals surface area contributed by atoms with Crippen molar-refractivity contribution in [1.82, 2.24) is 15.3 Å². The van der Waals surface area contributed by atoms with Gasteiger partial charge in [-0.1, -0.05) is 18.2 Å². The van der Waals surface area contributed by atoms with Crippen molar-refractivity contribution >= 4 is 5.95 Å². The van der Waals surface area contributed by atoms with Crippen molar-refractivity contribution < 1.29 is 4.74 Å². The molecule has 0 aliphatic carbocycles. The Balaban J connectivity index is 1.36. The Morgan fingerprint density at radius 2 is 1.77 bits per heavy atom. The Bertz CT molecular complexity index is 553. The number of nitrogens with one attached hydrogen (secondary N) is 1. The molecule has 2 aromatic rings. The van der Waals surface area contributed by atoms with Crippen LogP contribution in [0, 0.1) is 0 Å². The lowest BCUT2D eigenvalue weighted by Crippen LogP contribution is -2.22. The first-order valence-electron chi connectivity index (χ1n) is 7.86. The molecule has 0 unspecified atom stereocenters. The van der Waals surface area contributed by atoms with Crippen LogP contribution in [0.25, 0.3) is 0 Å². The lowest BCUT2D eigenvalue weighted by Gasteiger charge is -2.14. The zero-order chi connectivity index (χ0) is 15.0. The Labute approximate surface area is 131 Å². The number of rotatable bonds is 7. The molecular formula is C17H22N4O. The predicted octanol–water partition coefficient (Wildman–Crippen LogP) is 2.25. The molecule has 22 heavy (non-hydrogen) atoms. The average molecular weight is 298 g/mol. The first-order chi connectivity index (χ1) is 10.9. The fraction of sp³-hybridized carbons (Fsp3) is 0.412. The summed E-state index contributed by atoms with van der Waals surface area (Å²) in [4.78, 5) is 11.1. The summed E-state index contributed by atoms with van der Waals surface area (Å²) in [5.41, 5.74) is 1.10. The number of ether oxygens (including phenoxy) is 1. The van der Waals surface area contributed by atoms with Gasteiger partial charge in [0, 0.05) is 44.1 Å². The zero-order valence-corrected chi connectivity index (χ0v) is 12.7. The summed E-state index contributed by atoms with van der Waals surface area (Å²) >= 11 is 0. The van der Waals surface area contributed by atoms with Gasteiger partial charge in [0.1, 0.15) is 12.4 Å². The van der Waals surface area contributed by atoms with E-state index in [0.717, 1.165) is 43.4 Å². The summed E-state index contributed by atoms with van der Waals surface area (Å²) in [7, 11) is 0. The second kappa shape index (κ2) is 7.75. The van der Waals surface area contributed by atoms with Crippen LogP contribution >= 0.6 is 0 Å². The second-order valence-corrected chi connectivity index (χ2v) is 5.42. The molecule has 5 nitrogen and oxygen atoms in total. The number of benzene rings is 1. The number of para-hydroxylation sites is 1. The maximum atomic E-state index is 5.63. The van der Waals surface area contributed by atoms with Gasteiger partial charge >= 0.3 is 0 Å². The molecule has 0 radical (unpaired) electrons. The summed E-state index contributed by atoms with van der Waals surface area (Å²) in [6.45, 7) is 4.36. The number of aromatic nitrogens is 2. The van der Waals surface area contributed by atoms with Gasteiger partial charge in [0.2, 0.25) is 5.95 Å². The van der Waals surface area contributed by atoms with Gasteiger partial charge in [-0.25, -0.2) is 9.97 Å². The smallest absolute Gasteiger partial charge is 0.225 e. The average Bonchev–Trinajstić information content (AvgIpc) is 3.11. The molecule has 0 amide bonds. The van der Waals surface area contributed by atoms with Crippen LogP contribution in [0.15, 0.2) is 42.7 Å². The molecule has 1 aliphatic rings. The van der Waals surface area contributed by atoms with Gasteiger partial charge in [0.05, 0.1) is 0 Å². The predicted molar refractivity (Wildman–Crippen MR) is 87.1 cm³/mol. The fourth-order valence-electron chi connectivity index (χ4n) is 2.51. The molecule has 0 bridgehead atoms. The van der Waals surface area contributed by atoms with Crippen molar-refractivity contribution in [2.75, 3.05) is 31.1 Å². The molecule has 0 saturated carbocycles. The van der Waals surface area contributed by atoms with Crippen molar-refractivity contribution in [3.63, 3.8) is 0 Å². The Kier molecular flexibility index (Phi) is 5.21. The van der Waals surface area contributed by atoms with Crippen LogP contribution < -0.4 is 15.0 Å². The van der Waals surface area contributed by atoms with Crippen LogP contribution in [-0.4, -0.2) is 36.2 Å². The minimum Gasteiger partial charge on any atom is -0.492 e. The zero-order valence-electron chi connectivity index (χ0n) is 12.7. The van der Waals surface area contributed by atoms with Crippen LogP contribution in [0.1, 0.15) is 18.4 Å². The molecule has 0 atom stereocenters. The highest BCUT2D eigenvalue weighted by Gasteiger charge is 2.14. The van der Waals surface area contributed by atoms with Crippen LogP contribution in [0.2, 0.25) is 0 Å². The molecule has 2 heterocycles. The molecule has 1 N–H and O–H groups in total. The van der Waals surface area contributed by atoms with E-state index in [9.17, 15) is 0 Å². The van der Waals surface area contributed by atoms with Gasteiger partial charge in [-0.2, -0.15) is 0 Å². The standard InChI is InChI=1S/C17H22N4O/c1-2-6-16(7-3-1)22-11-8-18-12-15-13-19-17(20-14-15)21-9-4-5-10-21/h1-3,6-7,13-14,18H,4-5,8-12H2. The largest absolute Gasteiger partial charge is 0.492 e. The summed E-state index contributed by atoms with van der Waals surface area (Å²) in [5, 5.41) is 3.34. The maximum absolute atomic E-state index is 5.63. The van der Waals surface area contributed by atoms with Gasteiger partial charge in [-0.05, 0) is 25.0 Å². The normalized spacial score (nSPS) is 14.3. The van der Waals surface area contributed by atoms with Crippen LogP contribution in [0.4, 0.5) is 5.95 Å². The van der Waals surface area contributed by atoms with E-state index >= 15 is 0 Å². The summed E-state index contributed by atoms with van der Waals surface area (Å²) in [6.07, 6.45) is 6.31. The number of hydrogen-bond donors (Lipinski definition) is 1. The topological polar surface area (TPSA) is 50.3 Å². The molecule has 1 saturated heterocycles.